The Morgan fingerprint density at radius 3 is 2.48 bits per heavy atom. The quantitative estimate of drug-likeness (QED) is 0.429. The largest absolute Gasteiger partial charge is 0.449 e. The first-order valence-electron chi connectivity index (χ1n) is 11.1. The van der Waals surface area contributed by atoms with Gasteiger partial charge in [0.25, 0.3) is 5.91 Å². The third-order valence-corrected chi connectivity index (χ3v) is 5.91. The predicted octanol–water partition coefficient (Wildman–Crippen LogP) is 5.10. The van der Waals surface area contributed by atoms with Crippen LogP contribution in [0.1, 0.15) is 54.7 Å². The molecule has 0 radical (unpaired) electrons. The number of anilines is 1. The Morgan fingerprint density at radius 2 is 1.71 bits per heavy atom. The molecule has 5 heteroatoms. The maximum absolute atomic E-state index is 13.4. The summed E-state index contributed by atoms with van der Waals surface area (Å²) in [5.41, 5.74) is 4.14. The van der Waals surface area contributed by atoms with Gasteiger partial charge in [-0.2, -0.15) is 0 Å². The molecule has 160 valence electrons. The Balaban J connectivity index is 1.65. The normalized spacial score (nSPS) is 14.4. The number of aryl methyl sites for hydroxylation is 1. The van der Waals surface area contributed by atoms with E-state index in [-0.39, 0.29) is 5.91 Å². The third-order valence-electron chi connectivity index (χ3n) is 5.91. The lowest BCUT2D eigenvalue weighted by atomic mass is 9.97. The van der Waals surface area contributed by atoms with Crippen LogP contribution in [0.25, 0.3) is 10.9 Å². The molecule has 5 nitrogen and oxygen atoms in total. The molecule has 0 spiro atoms. The maximum atomic E-state index is 13.4. The Morgan fingerprint density at radius 1 is 1.00 bits per heavy atom. The number of aromatic nitrogens is 1. The lowest BCUT2D eigenvalue weighted by Gasteiger charge is -2.25. The molecule has 1 heterocycles. The van der Waals surface area contributed by atoms with Gasteiger partial charge in [-0.25, -0.2) is 4.79 Å². The summed E-state index contributed by atoms with van der Waals surface area (Å²) in [5, 5.41) is 0.795. The number of carbonyl (C=O) groups is 2. The number of carbonyl (C=O) groups excluding carboxylic acids is 2. The molecule has 2 aromatic carbocycles. The number of likely N-dealkylation sites (N-methyl/N-ethyl adjacent to an activating group) is 1. The van der Waals surface area contributed by atoms with Crippen molar-refractivity contribution in [3.8, 4) is 0 Å². The van der Waals surface area contributed by atoms with Crippen LogP contribution in [0, 0.1) is 0 Å². The summed E-state index contributed by atoms with van der Waals surface area (Å²) in [7, 11) is 0. The minimum Gasteiger partial charge on any atom is -0.449 e. The molecule has 4 rings (SSSR count). The smallest absolute Gasteiger partial charge is 0.339 e. The molecule has 1 aliphatic rings. The summed E-state index contributed by atoms with van der Waals surface area (Å²) in [6.07, 6.45) is 4.01. The van der Waals surface area contributed by atoms with Crippen molar-refractivity contribution in [2.24, 2.45) is 0 Å². The molecule has 1 aromatic heterocycles. The van der Waals surface area contributed by atoms with Crippen molar-refractivity contribution < 1.29 is 14.3 Å². The molecule has 0 N–H and O–H groups in total. The minimum atomic E-state index is -0.888. The Labute approximate surface area is 183 Å². The average Bonchev–Trinajstić information content (AvgIpc) is 3.03. The molecule has 1 aliphatic carbocycles. The monoisotopic (exact) mass is 416 g/mol. The second kappa shape index (κ2) is 9.29. The number of benzene rings is 2. The fraction of sp³-hybridized carbons (Fsp3) is 0.346. The van der Waals surface area contributed by atoms with Crippen LogP contribution in [0.2, 0.25) is 0 Å². The van der Waals surface area contributed by atoms with Crippen molar-refractivity contribution in [3.05, 3.63) is 71.4 Å². The van der Waals surface area contributed by atoms with Gasteiger partial charge in [-0.05, 0) is 63.3 Å². The first-order valence-corrected chi connectivity index (χ1v) is 11.1. The van der Waals surface area contributed by atoms with E-state index in [1.807, 2.05) is 61.5 Å². The Bertz CT molecular complexity index is 1090. The van der Waals surface area contributed by atoms with E-state index in [0.29, 0.717) is 12.1 Å². The van der Waals surface area contributed by atoms with Crippen molar-refractivity contribution in [3.63, 3.8) is 0 Å². The van der Waals surface area contributed by atoms with E-state index in [2.05, 4.69) is 0 Å². The molecular formula is C26H28N2O3. The lowest BCUT2D eigenvalue weighted by molar-refractivity contribution is -0.126. The van der Waals surface area contributed by atoms with E-state index in [1.165, 1.54) is 0 Å². The zero-order chi connectivity index (χ0) is 21.8. The number of hydrogen-bond donors (Lipinski definition) is 0. The van der Waals surface area contributed by atoms with E-state index < -0.39 is 12.1 Å². The van der Waals surface area contributed by atoms with Crippen molar-refractivity contribution in [2.75, 3.05) is 11.4 Å². The van der Waals surface area contributed by atoms with Crippen LogP contribution in [0.5, 0.6) is 0 Å². The van der Waals surface area contributed by atoms with Crippen LogP contribution in [0.4, 0.5) is 5.69 Å². The van der Waals surface area contributed by atoms with Crippen LogP contribution in [0.3, 0.4) is 0 Å². The molecule has 0 saturated carbocycles. The van der Waals surface area contributed by atoms with Crippen LogP contribution < -0.4 is 4.90 Å². The van der Waals surface area contributed by atoms with Crippen molar-refractivity contribution in [2.45, 2.75) is 52.1 Å². The highest BCUT2D eigenvalue weighted by molar-refractivity contribution is 6.06. The van der Waals surface area contributed by atoms with Crippen LogP contribution >= 0.6 is 0 Å². The molecule has 1 amide bonds. The number of ether oxygens (including phenoxy) is 1. The SMILES string of the molecule is CCN(C(=O)[C@H](C)OC(=O)c1c2c(nc3ccccc13)CCCCC2)c1ccccc1. The van der Waals surface area contributed by atoms with Gasteiger partial charge in [0.1, 0.15) is 0 Å². The number of para-hydroxylation sites is 2. The molecule has 3 aromatic rings. The van der Waals surface area contributed by atoms with Gasteiger partial charge >= 0.3 is 5.97 Å². The zero-order valence-corrected chi connectivity index (χ0v) is 18.1. The summed E-state index contributed by atoms with van der Waals surface area (Å²) < 4.78 is 5.76. The number of nitrogens with zero attached hydrogens (tertiary/aromatic N) is 2. The Hall–Kier alpha value is -3.21. The van der Waals surface area contributed by atoms with Crippen molar-refractivity contribution in [1.29, 1.82) is 0 Å². The van der Waals surface area contributed by atoms with Gasteiger partial charge in [0.15, 0.2) is 6.10 Å². The highest BCUT2D eigenvalue weighted by Gasteiger charge is 2.28. The molecule has 1 atom stereocenters. The van der Waals surface area contributed by atoms with Crippen LogP contribution in [-0.2, 0) is 22.4 Å². The minimum absolute atomic E-state index is 0.230. The van der Waals surface area contributed by atoms with E-state index >= 15 is 0 Å². The second-order valence-electron chi connectivity index (χ2n) is 7.96. The van der Waals surface area contributed by atoms with Crippen LogP contribution in [0.15, 0.2) is 54.6 Å². The summed E-state index contributed by atoms with van der Waals surface area (Å²) in [4.78, 5) is 32.9. The second-order valence-corrected chi connectivity index (χ2v) is 7.96. The summed E-state index contributed by atoms with van der Waals surface area (Å²) in [6, 6.07) is 17.1. The van der Waals surface area contributed by atoms with Gasteiger partial charge < -0.3 is 9.64 Å². The molecule has 31 heavy (non-hydrogen) atoms. The molecule has 0 fully saturated rings. The number of hydrogen-bond acceptors (Lipinski definition) is 4. The molecule has 0 aliphatic heterocycles. The predicted molar refractivity (Wildman–Crippen MR) is 122 cm³/mol. The van der Waals surface area contributed by atoms with Gasteiger partial charge in [-0.3, -0.25) is 9.78 Å². The zero-order valence-electron chi connectivity index (χ0n) is 18.1. The standard InChI is InChI=1S/C26H28N2O3/c1-3-28(19-12-6-4-7-13-19)25(29)18(2)31-26(30)24-20-14-8-5-9-16-22(20)27-23-17-11-10-15-21(23)24/h4,6-7,10-13,15,17-18H,3,5,8-9,14,16H2,1-2H3/t18-/m0/s1. The van der Waals surface area contributed by atoms with Gasteiger partial charge in [-0.15, -0.1) is 0 Å². The fourth-order valence-corrected chi connectivity index (χ4v) is 4.35. The Kier molecular flexibility index (Phi) is 6.31. The van der Waals surface area contributed by atoms with E-state index in [0.717, 1.165) is 60.0 Å². The molecular weight excluding hydrogens is 388 g/mol. The van der Waals surface area contributed by atoms with Gasteiger partial charge in [-0.1, -0.05) is 42.8 Å². The molecule has 0 unspecified atom stereocenters. The summed E-state index contributed by atoms with van der Waals surface area (Å²) in [5.74, 6) is -0.673. The molecule has 0 bridgehead atoms. The number of fused-ring (bicyclic) bond motifs is 2. The van der Waals surface area contributed by atoms with E-state index in [4.69, 9.17) is 9.72 Å². The average molecular weight is 417 g/mol. The highest BCUT2D eigenvalue weighted by atomic mass is 16.5. The van der Waals surface area contributed by atoms with Crippen molar-refractivity contribution >= 4 is 28.5 Å². The summed E-state index contributed by atoms with van der Waals surface area (Å²) in [6.45, 7) is 4.06. The van der Waals surface area contributed by atoms with E-state index in [9.17, 15) is 9.59 Å². The topological polar surface area (TPSA) is 59.5 Å². The number of pyridine rings is 1. The number of esters is 1. The van der Waals surface area contributed by atoms with Gasteiger partial charge in [0, 0.05) is 23.3 Å². The third kappa shape index (κ3) is 4.31. The number of amides is 1. The fourth-order valence-electron chi connectivity index (χ4n) is 4.35. The summed E-state index contributed by atoms with van der Waals surface area (Å²) >= 11 is 0. The maximum Gasteiger partial charge on any atom is 0.339 e. The van der Waals surface area contributed by atoms with E-state index in [1.54, 1.807) is 11.8 Å². The van der Waals surface area contributed by atoms with Gasteiger partial charge in [0.2, 0.25) is 0 Å². The van der Waals surface area contributed by atoms with Gasteiger partial charge in [0.05, 0.1) is 11.1 Å². The molecule has 0 saturated heterocycles. The van der Waals surface area contributed by atoms with Crippen molar-refractivity contribution in [1.82, 2.24) is 4.98 Å². The highest BCUT2D eigenvalue weighted by Crippen LogP contribution is 2.29. The first-order chi connectivity index (χ1) is 15.1. The lowest BCUT2D eigenvalue weighted by Crippen LogP contribution is -2.40. The van der Waals surface area contributed by atoms with Crippen LogP contribution in [-0.4, -0.2) is 29.5 Å². The number of rotatable bonds is 5. The first kappa shape index (κ1) is 21.0.